The van der Waals surface area contributed by atoms with Crippen molar-refractivity contribution >= 4 is 6.08 Å². The molecular weight excluding hydrogens is 145 g/mol. The molecule has 0 saturated carbocycles. The number of hydrogen-bond donors (Lipinski definition) is 0. The van der Waals surface area contributed by atoms with Gasteiger partial charge >= 0.3 is 0 Å². The molecule has 0 aliphatic heterocycles. The van der Waals surface area contributed by atoms with Gasteiger partial charge in [0.2, 0.25) is 5.95 Å². The highest BCUT2D eigenvalue weighted by molar-refractivity contribution is 5.54. The van der Waals surface area contributed by atoms with E-state index < -0.39 is 5.95 Å². The summed E-state index contributed by atoms with van der Waals surface area (Å²) in [6, 6.07) is 1.58. The van der Waals surface area contributed by atoms with Crippen LogP contribution in [-0.4, -0.2) is 12.1 Å². The van der Waals surface area contributed by atoms with Gasteiger partial charge in [0.25, 0.3) is 0 Å². The first-order valence-electron chi connectivity index (χ1n) is 3.10. The Bertz CT molecular complexity index is 273. The standard InChI is InChI=1S/C8H8FNO/c1-3-6-7(11-2)4-5-10-8(6)9/h3-5H,1H2,2H3. The summed E-state index contributed by atoms with van der Waals surface area (Å²) in [5.41, 5.74) is 0.301. The van der Waals surface area contributed by atoms with E-state index in [9.17, 15) is 4.39 Å². The summed E-state index contributed by atoms with van der Waals surface area (Å²) in [5, 5.41) is 0. The van der Waals surface area contributed by atoms with Gasteiger partial charge in [-0.15, -0.1) is 0 Å². The molecule has 0 unspecified atom stereocenters. The Hall–Kier alpha value is -1.38. The van der Waals surface area contributed by atoms with Gasteiger partial charge in [-0.3, -0.25) is 0 Å². The van der Waals surface area contributed by atoms with Crippen LogP contribution in [0.1, 0.15) is 5.56 Å². The summed E-state index contributed by atoms with van der Waals surface area (Å²) >= 11 is 0. The van der Waals surface area contributed by atoms with Crippen molar-refractivity contribution in [2.75, 3.05) is 7.11 Å². The van der Waals surface area contributed by atoms with Crippen molar-refractivity contribution in [1.29, 1.82) is 0 Å². The fourth-order valence-corrected chi connectivity index (χ4v) is 0.794. The third-order valence-corrected chi connectivity index (χ3v) is 1.33. The first-order chi connectivity index (χ1) is 5.29. The molecule has 0 radical (unpaired) electrons. The van der Waals surface area contributed by atoms with Crippen LogP contribution >= 0.6 is 0 Å². The van der Waals surface area contributed by atoms with Crippen LogP contribution in [0, 0.1) is 5.95 Å². The Kier molecular flexibility index (Phi) is 2.21. The summed E-state index contributed by atoms with van der Waals surface area (Å²) in [6.07, 6.45) is 2.72. The average molecular weight is 153 g/mol. The Labute approximate surface area is 64.3 Å². The van der Waals surface area contributed by atoms with Crippen LogP contribution < -0.4 is 4.74 Å². The lowest BCUT2D eigenvalue weighted by atomic mass is 10.2. The second kappa shape index (κ2) is 3.14. The molecule has 58 valence electrons. The molecule has 1 aromatic rings. The van der Waals surface area contributed by atoms with Crippen molar-refractivity contribution in [1.82, 2.24) is 4.98 Å². The second-order valence-electron chi connectivity index (χ2n) is 1.92. The highest BCUT2D eigenvalue weighted by atomic mass is 19.1. The number of nitrogens with zero attached hydrogens (tertiary/aromatic N) is 1. The van der Waals surface area contributed by atoms with Crippen LogP contribution in [0.5, 0.6) is 5.75 Å². The largest absolute Gasteiger partial charge is 0.496 e. The van der Waals surface area contributed by atoms with Crippen molar-refractivity contribution in [2.24, 2.45) is 0 Å². The number of hydrogen-bond acceptors (Lipinski definition) is 2. The second-order valence-corrected chi connectivity index (χ2v) is 1.92. The molecule has 3 heteroatoms. The molecule has 1 heterocycles. The van der Waals surface area contributed by atoms with Gasteiger partial charge in [0.15, 0.2) is 0 Å². The summed E-state index contributed by atoms with van der Waals surface area (Å²) in [7, 11) is 1.47. The molecule has 2 nitrogen and oxygen atoms in total. The van der Waals surface area contributed by atoms with Gasteiger partial charge in [-0.25, -0.2) is 4.98 Å². The molecular formula is C8H8FNO. The fraction of sp³-hybridized carbons (Fsp3) is 0.125. The molecule has 0 fully saturated rings. The third-order valence-electron chi connectivity index (χ3n) is 1.33. The molecule has 0 saturated heterocycles. The zero-order valence-electron chi connectivity index (χ0n) is 6.17. The Balaban J connectivity index is 3.24. The maximum atomic E-state index is 12.8. The van der Waals surface area contributed by atoms with E-state index in [0.29, 0.717) is 11.3 Å². The van der Waals surface area contributed by atoms with Gasteiger partial charge in [0, 0.05) is 6.20 Å². The van der Waals surface area contributed by atoms with Crippen molar-refractivity contribution in [3.8, 4) is 5.75 Å². The number of aromatic nitrogens is 1. The van der Waals surface area contributed by atoms with Gasteiger partial charge in [-0.2, -0.15) is 4.39 Å². The van der Waals surface area contributed by atoms with E-state index in [1.165, 1.54) is 19.4 Å². The predicted molar refractivity (Wildman–Crippen MR) is 40.8 cm³/mol. The Morgan fingerprint density at radius 1 is 1.73 bits per heavy atom. The first kappa shape index (κ1) is 7.72. The molecule has 1 rings (SSSR count). The topological polar surface area (TPSA) is 22.1 Å². The minimum Gasteiger partial charge on any atom is -0.496 e. The first-order valence-corrected chi connectivity index (χ1v) is 3.10. The van der Waals surface area contributed by atoms with Crippen LogP contribution in [0.15, 0.2) is 18.8 Å². The van der Waals surface area contributed by atoms with Gasteiger partial charge in [-0.05, 0) is 6.07 Å². The van der Waals surface area contributed by atoms with Gasteiger partial charge in [0.05, 0.1) is 12.7 Å². The van der Waals surface area contributed by atoms with E-state index in [-0.39, 0.29) is 0 Å². The lowest BCUT2D eigenvalue weighted by Gasteiger charge is -2.02. The zero-order valence-corrected chi connectivity index (χ0v) is 6.17. The highest BCUT2D eigenvalue weighted by Crippen LogP contribution is 2.19. The monoisotopic (exact) mass is 153 g/mol. The van der Waals surface area contributed by atoms with Crippen LogP contribution in [0.4, 0.5) is 4.39 Å². The van der Waals surface area contributed by atoms with E-state index >= 15 is 0 Å². The summed E-state index contributed by atoms with van der Waals surface area (Å²) in [4.78, 5) is 3.44. The molecule has 0 spiro atoms. The van der Waals surface area contributed by atoms with Crippen molar-refractivity contribution in [3.05, 3.63) is 30.4 Å². The van der Waals surface area contributed by atoms with Crippen molar-refractivity contribution in [3.63, 3.8) is 0 Å². The van der Waals surface area contributed by atoms with Gasteiger partial charge < -0.3 is 4.74 Å². The lowest BCUT2D eigenvalue weighted by Crippen LogP contribution is -1.92. The normalized spacial score (nSPS) is 9.27. The number of pyridine rings is 1. The van der Waals surface area contributed by atoms with Gasteiger partial charge in [-0.1, -0.05) is 12.7 Å². The number of halogens is 1. The average Bonchev–Trinajstić information content (AvgIpc) is 2.04. The van der Waals surface area contributed by atoms with E-state index in [1.54, 1.807) is 6.07 Å². The van der Waals surface area contributed by atoms with E-state index in [2.05, 4.69) is 11.6 Å². The van der Waals surface area contributed by atoms with Crippen molar-refractivity contribution < 1.29 is 9.13 Å². The molecule has 11 heavy (non-hydrogen) atoms. The van der Waals surface area contributed by atoms with E-state index in [0.717, 1.165) is 0 Å². The lowest BCUT2D eigenvalue weighted by molar-refractivity contribution is 0.407. The SMILES string of the molecule is C=Cc1c(OC)ccnc1F. The van der Waals surface area contributed by atoms with E-state index in [4.69, 9.17) is 4.74 Å². The Morgan fingerprint density at radius 2 is 2.45 bits per heavy atom. The molecule has 0 amide bonds. The minimum absolute atomic E-state index is 0.301. The molecule has 0 bridgehead atoms. The maximum Gasteiger partial charge on any atom is 0.223 e. The molecule has 0 aliphatic rings. The summed E-state index contributed by atoms with van der Waals surface area (Å²) in [5.74, 6) is -0.105. The molecule has 0 aliphatic carbocycles. The maximum absolute atomic E-state index is 12.8. The number of ether oxygens (including phenoxy) is 1. The van der Waals surface area contributed by atoms with E-state index in [1.807, 2.05) is 0 Å². The minimum atomic E-state index is -0.556. The summed E-state index contributed by atoms with van der Waals surface area (Å²) < 4.78 is 17.6. The molecule has 1 aromatic heterocycles. The Morgan fingerprint density at radius 3 is 2.91 bits per heavy atom. The van der Waals surface area contributed by atoms with Crippen molar-refractivity contribution in [2.45, 2.75) is 0 Å². The quantitative estimate of drug-likeness (QED) is 0.605. The van der Waals surface area contributed by atoms with Crippen LogP contribution in [0.3, 0.4) is 0 Å². The zero-order chi connectivity index (χ0) is 8.27. The van der Waals surface area contributed by atoms with Crippen LogP contribution in [0.2, 0.25) is 0 Å². The fourth-order valence-electron chi connectivity index (χ4n) is 0.794. The third kappa shape index (κ3) is 1.37. The molecule has 0 aromatic carbocycles. The molecule has 0 N–H and O–H groups in total. The van der Waals surface area contributed by atoms with Crippen LogP contribution in [-0.2, 0) is 0 Å². The van der Waals surface area contributed by atoms with Crippen LogP contribution in [0.25, 0.3) is 6.08 Å². The predicted octanol–water partition coefficient (Wildman–Crippen LogP) is 1.87. The number of rotatable bonds is 2. The smallest absolute Gasteiger partial charge is 0.223 e. The molecule has 0 atom stereocenters. The van der Waals surface area contributed by atoms with Gasteiger partial charge in [0.1, 0.15) is 5.75 Å². The summed E-state index contributed by atoms with van der Waals surface area (Å²) in [6.45, 7) is 3.44. The number of methoxy groups -OCH3 is 1. The highest BCUT2D eigenvalue weighted by Gasteiger charge is 2.04.